The van der Waals surface area contributed by atoms with Crippen LogP contribution in [-0.2, 0) is 20.1 Å². The van der Waals surface area contributed by atoms with Crippen molar-refractivity contribution in [2.24, 2.45) is 12.0 Å². The van der Waals surface area contributed by atoms with Crippen molar-refractivity contribution in [1.29, 1.82) is 0 Å². The first-order chi connectivity index (χ1) is 12.3. The number of hydrogen-bond donors (Lipinski definition) is 2. The van der Waals surface area contributed by atoms with Crippen molar-refractivity contribution in [2.45, 2.75) is 20.0 Å². The zero-order valence-electron chi connectivity index (χ0n) is 14.8. The summed E-state index contributed by atoms with van der Waals surface area (Å²) in [5.74, 6) is 1.48. The molecular formula is C18H23IN6O. The molecule has 0 unspecified atom stereocenters. The molecule has 0 aliphatic heterocycles. The predicted molar refractivity (Wildman–Crippen MR) is 112 cm³/mol. The van der Waals surface area contributed by atoms with E-state index in [1.165, 1.54) is 0 Å². The standard InChI is InChI=1S/C18H22N6O.HI/c1-3-19-18(21-13-16-9-10-22-24(16)2)20-12-15-11-17(25-23-15)14-7-5-4-6-8-14;/h4-11H,3,12-13H2,1-2H3,(H2,19,20,21);1H. The van der Waals surface area contributed by atoms with Gasteiger partial charge < -0.3 is 15.2 Å². The summed E-state index contributed by atoms with van der Waals surface area (Å²) in [5.41, 5.74) is 2.88. The van der Waals surface area contributed by atoms with Crippen molar-refractivity contribution in [2.75, 3.05) is 6.54 Å². The topological polar surface area (TPSA) is 80.3 Å². The monoisotopic (exact) mass is 466 g/mol. The first kappa shape index (κ1) is 20.0. The lowest BCUT2D eigenvalue weighted by molar-refractivity contribution is 0.424. The number of rotatable bonds is 6. The molecule has 0 bridgehead atoms. The maximum absolute atomic E-state index is 5.41. The van der Waals surface area contributed by atoms with Crippen molar-refractivity contribution < 1.29 is 4.52 Å². The van der Waals surface area contributed by atoms with Gasteiger partial charge >= 0.3 is 0 Å². The summed E-state index contributed by atoms with van der Waals surface area (Å²) in [7, 11) is 1.92. The Bertz CT molecular complexity index is 827. The van der Waals surface area contributed by atoms with Crippen molar-refractivity contribution in [3.8, 4) is 11.3 Å². The average molecular weight is 466 g/mol. The molecule has 3 aromatic rings. The Labute approximate surface area is 169 Å². The molecule has 0 saturated heterocycles. The second-order valence-corrected chi connectivity index (χ2v) is 5.54. The summed E-state index contributed by atoms with van der Waals surface area (Å²) in [4.78, 5) is 4.56. The van der Waals surface area contributed by atoms with Crippen LogP contribution >= 0.6 is 24.0 Å². The van der Waals surface area contributed by atoms with E-state index in [0.29, 0.717) is 13.1 Å². The molecular weight excluding hydrogens is 443 g/mol. The number of benzene rings is 1. The molecule has 1 aromatic carbocycles. The Kier molecular flexibility index (Phi) is 7.64. The van der Waals surface area contributed by atoms with E-state index in [-0.39, 0.29) is 24.0 Å². The van der Waals surface area contributed by atoms with E-state index in [1.54, 1.807) is 6.20 Å². The number of aliphatic imine (C=N–C) groups is 1. The molecule has 7 nitrogen and oxygen atoms in total. The minimum atomic E-state index is 0. The highest BCUT2D eigenvalue weighted by molar-refractivity contribution is 14.0. The van der Waals surface area contributed by atoms with Crippen LogP contribution in [0.2, 0.25) is 0 Å². The average Bonchev–Trinajstić information content (AvgIpc) is 3.27. The molecule has 0 radical (unpaired) electrons. The molecule has 2 heterocycles. The van der Waals surface area contributed by atoms with Crippen molar-refractivity contribution in [1.82, 2.24) is 25.6 Å². The van der Waals surface area contributed by atoms with Gasteiger partial charge in [0.05, 0.1) is 18.8 Å². The van der Waals surface area contributed by atoms with Gasteiger partial charge in [-0.1, -0.05) is 35.5 Å². The third kappa shape index (κ3) is 5.32. The van der Waals surface area contributed by atoms with Crippen LogP contribution in [0, 0.1) is 0 Å². The molecule has 0 saturated carbocycles. The van der Waals surface area contributed by atoms with Crippen LogP contribution in [0.4, 0.5) is 0 Å². The fourth-order valence-corrected chi connectivity index (χ4v) is 2.38. The van der Waals surface area contributed by atoms with Gasteiger partial charge in [0.15, 0.2) is 11.7 Å². The highest BCUT2D eigenvalue weighted by atomic mass is 127. The van der Waals surface area contributed by atoms with E-state index in [1.807, 2.05) is 61.1 Å². The Morgan fingerprint density at radius 2 is 2.00 bits per heavy atom. The summed E-state index contributed by atoms with van der Waals surface area (Å²) in [6.07, 6.45) is 1.78. The number of nitrogens with one attached hydrogen (secondary N) is 2. The number of halogens is 1. The van der Waals surface area contributed by atoms with Crippen LogP contribution in [-0.4, -0.2) is 27.4 Å². The van der Waals surface area contributed by atoms with Gasteiger partial charge in [-0.3, -0.25) is 4.68 Å². The molecule has 26 heavy (non-hydrogen) atoms. The lowest BCUT2D eigenvalue weighted by Gasteiger charge is -2.10. The fourth-order valence-electron chi connectivity index (χ4n) is 2.38. The molecule has 0 amide bonds. The molecule has 0 spiro atoms. The summed E-state index contributed by atoms with van der Waals surface area (Å²) >= 11 is 0. The van der Waals surface area contributed by atoms with E-state index < -0.39 is 0 Å². The van der Waals surface area contributed by atoms with Gasteiger partial charge in [0.1, 0.15) is 5.69 Å². The molecule has 8 heteroatoms. The number of aromatic nitrogens is 3. The van der Waals surface area contributed by atoms with E-state index in [4.69, 9.17) is 4.52 Å². The zero-order chi connectivity index (χ0) is 17.5. The number of nitrogens with zero attached hydrogens (tertiary/aromatic N) is 4. The van der Waals surface area contributed by atoms with Crippen LogP contribution in [0.15, 0.2) is 58.2 Å². The number of aryl methyl sites for hydroxylation is 1. The Hall–Kier alpha value is -2.36. The Morgan fingerprint density at radius 3 is 2.69 bits per heavy atom. The summed E-state index contributed by atoms with van der Waals surface area (Å²) in [6.45, 7) is 3.91. The molecule has 2 aromatic heterocycles. The van der Waals surface area contributed by atoms with Gasteiger partial charge in [0.2, 0.25) is 0 Å². The third-order valence-electron chi connectivity index (χ3n) is 3.72. The van der Waals surface area contributed by atoms with Gasteiger partial charge in [0, 0.05) is 31.4 Å². The second-order valence-electron chi connectivity index (χ2n) is 5.54. The van der Waals surface area contributed by atoms with Crippen molar-refractivity contribution >= 4 is 29.9 Å². The lowest BCUT2D eigenvalue weighted by atomic mass is 10.2. The van der Waals surface area contributed by atoms with Crippen molar-refractivity contribution in [3.63, 3.8) is 0 Å². The first-order valence-corrected chi connectivity index (χ1v) is 8.26. The zero-order valence-corrected chi connectivity index (χ0v) is 17.2. The van der Waals surface area contributed by atoms with Crippen LogP contribution in [0.25, 0.3) is 11.3 Å². The van der Waals surface area contributed by atoms with Crippen LogP contribution in [0.3, 0.4) is 0 Å². The number of guanidine groups is 1. The van der Waals surface area contributed by atoms with E-state index in [0.717, 1.165) is 35.2 Å². The Balaban J connectivity index is 0.00000243. The summed E-state index contributed by atoms with van der Waals surface area (Å²) in [6, 6.07) is 13.8. The predicted octanol–water partition coefficient (Wildman–Crippen LogP) is 2.95. The molecule has 0 aliphatic rings. The van der Waals surface area contributed by atoms with E-state index >= 15 is 0 Å². The lowest BCUT2D eigenvalue weighted by Crippen LogP contribution is -2.37. The van der Waals surface area contributed by atoms with Gasteiger partial charge in [-0.25, -0.2) is 4.99 Å². The van der Waals surface area contributed by atoms with Crippen LogP contribution in [0.1, 0.15) is 18.3 Å². The smallest absolute Gasteiger partial charge is 0.191 e. The van der Waals surface area contributed by atoms with E-state index in [2.05, 4.69) is 25.9 Å². The second kappa shape index (κ2) is 9.95. The normalized spacial score (nSPS) is 11.1. The molecule has 0 aliphatic carbocycles. The quantitative estimate of drug-likeness (QED) is 0.332. The fraction of sp³-hybridized carbons (Fsp3) is 0.278. The molecule has 0 fully saturated rings. The molecule has 2 N–H and O–H groups in total. The highest BCUT2D eigenvalue weighted by Crippen LogP contribution is 2.19. The van der Waals surface area contributed by atoms with Crippen molar-refractivity contribution in [3.05, 3.63) is 60.0 Å². The van der Waals surface area contributed by atoms with Crippen LogP contribution < -0.4 is 10.6 Å². The van der Waals surface area contributed by atoms with Crippen LogP contribution in [0.5, 0.6) is 0 Å². The molecule has 0 atom stereocenters. The van der Waals surface area contributed by atoms with Gasteiger partial charge in [0.25, 0.3) is 0 Å². The third-order valence-corrected chi connectivity index (χ3v) is 3.72. The van der Waals surface area contributed by atoms with Gasteiger partial charge in [-0.2, -0.15) is 5.10 Å². The van der Waals surface area contributed by atoms with E-state index in [9.17, 15) is 0 Å². The minimum Gasteiger partial charge on any atom is -0.357 e. The maximum atomic E-state index is 5.41. The highest BCUT2D eigenvalue weighted by Gasteiger charge is 2.07. The van der Waals surface area contributed by atoms with Gasteiger partial charge in [-0.05, 0) is 13.0 Å². The Morgan fingerprint density at radius 1 is 1.19 bits per heavy atom. The summed E-state index contributed by atoms with van der Waals surface area (Å²) < 4.78 is 7.24. The molecule has 138 valence electrons. The van der Waals surface area contributed by atoms with Gasteiger partial charge in [-0.15, -0.1) is 24.0 Å². The summed E-state index contributed by atoms with van der Waals surface area (Å²) in [5, 5.41) is 14.8. The SMILES string of the molecule is CCNC(=NCc1cc(-c2ccccc2)on1)NCc1ccnn1C.I. The number of hydrogen-bond acceptors (Lipinski definition) is 4. The molecule has 3 rings (SSSR count). The first-order valence-electron chi connectivity index (χ1n) is 8.26. The minimum absolute atomic E-state index is 0. The maximum Gasteiger partial charge on any atom is 0.191 e. The largest absolute Gasteiger partial charge is 0.357 e.